The number of hydrogen-bond donors (Lipinski definition) is 0. The number of halogens is 3. The molecule has 0 radical (unpaired) electrons. The summed E-state index contributed by atoms with van der Waals surface area (Å²) in [5, 5.41) is 0. The zero-order valence-electron chi connectivity index (χ0n) is 10.8. The SMILES string of the molecule is FC(F)(F)c1ccc(CN2Cc3ccccc3C2)cc1. The molecule has 1 heterocycles. The van der Waals surface area contributed by atoms with Crippen LogP contribution in [0.15, 0.2) is 48.5 Å². The minimum absolute atomic E-state index is 0.592. The summed E-state index contributed by atoms with van der Waals surface area (Å²) < 4.78 is 37.5. The van der Waals surface area contributed by atoms with Crippen molar-refractivity contribution in [2.24, 2.45) is 0 Å². The first-order valence-electron chi connectivity index (χ1n) is 6.48. The minimum Gasteiger partial charge on any atom is -0.291 e. The van der Waals surface area contributed by atoms with Crippen LogP contribution in [0.5, 0.6) is 0 Å². The Labute approximate surface area is 115 Å². The van der Waals surface area contributed by atoms with Crippen LogP contribution in [0.25, 0.3) is 0 Å². The molecule has 2 aromatic rings. The number of rotatable bonds is 2. The highest BCUT2D eigenvalue weighted by Crippen LogP contribution is 2.30. The summed E-state index contributed by atoms with van der Waals surface area (Å²) in [5.74, 6) is 0. The fourth-order valence-electron chi connectivity index (χ4n) is 2.57. The normalized spacial score (nSPS) is 15.3. The highest BCUT2D eigenvalue weighted by atomic mass is 19.4. The quantitative estimate of drug-likeness (QED) is 0.794. The molecule has 0 fully saturated rings. The second-order valence-electron chi connectivity index (χ2n) is 5.11. The van der Waals surface area contributed by atoms with E-state index in [0.717, 1.165) is 30.8 Å². The summed E-state index contributed by atoms with van der Waals surface area (Å²) >= 11 is 0. The molecule has 0 saturated carbocycles. The number of hydrogen-bond acceptors (Lipinski definition) is 1. The maximum atomic E-state index is 12.5. The molecule has 0 N–H and O–H groups in total. The highest BCUT2D eigenvalue weighted by molar-refractivity contribution is 5.31. The van der Waals surface area contributed by atoms with E-state index in [1.54, 1.807) is 12.1 Å². The summed E-state index contributed by atoms with van der Waals surface area (Å²) in [7, 11) is 0. The fraction of sp³-hybridized carbons (Fsp3) is 0.250. The van der Waals surface area contributed by atoms with Gasteiger partial charge in [0, 0.05) is 19.6 Å². The molecule has 0 unspecified atom stereocenters. The van der Waals surface area contributed by atoms with Gasteiger partial charge in [-0.15, -0.1) is 0 Å². The standard InChI is InChI=1S/C16H14F3N/c17-16(18,19)15-7-5-12(6-8-15)9-20-10-13-3-1-2-4-14(13)11-20/h1-8H,9-11H2. The molecule has 0 aromatic heterocycles. The van der Waals surface area contributed by atoms with E-state index in [2.05, 4.69) is 17.0 Å². The maximum Gasteiger partial charge on any atom is 0.416 e. The molecule has 4 heteroatoms. The zero-order chi connectivity index (χ0) is 14.2. The van der Waals surface area contributed by atoms with Gasteiger partial charge in [0.2, 0.25) is 0 Å². The molecule has 0 saturated heterocycles. The molecular weight excluding hydrogens is 263 g/mol. The van der Waals surface area contributed by atoms with Crippen molar-refractivity contribution < 1.29 is 13.2 Å². The van der Waals surface area contributed by atoms with Gasteiger partial charge in [0.15, 0.2) is 0 Å². The topological polar surface area (TPSA) is 3.24 Å². The lowest BCUT2D eigenvalue weighted by atomic mass is 10.1. The first-order valence-corrected chi connectivity index (χ1v) is 6.48. The van der Waals surface area contributed by atoms with E-state index in [4.69, 9.17) is 0 Å². The van der Waals surface area contributed by atoms with Crippen molar-refractivity contribution >= 4 is 0 Å². The monoisotopic (exact) mass is 277 g/mol. The van der Waals surface area contributed by atoms with Crippen LogP contribution in [0.1, 0.15) is 22.3 Å². The predicted octanol–water partition coefficient (Wildman–Crippen LogP) is 4.22. The molecule has 1 nitrogen and oxygen atoms in total. The lowest BCUT2D eigenvalue weighted by molar-refractivity contribution is -0.137. The molecule has 1 aliphatic heterocycles. The summed E-state index contributed by atoms with van der Waals surface area (Å²) in [6, 6.07) is 13.7. The van der Waals surface area contributed by atoms with Crippen molar-refractivity contribution in [3.63, 3.8) is 0 Å². The van der Waals surface area contributed by atoms with E-state index in [0.29, 0.717) is 6.54 Å². The molecule has 0 bridgehead atoms. The lowest BCUT2D eigenvalue weighted by Gasteiger charge is -2.15. The Morgan fingerprint density at radius 2 is 1.40 bits per heavy atom. The molecule has 2 aromatic carbocycles. The van der Waals surface area contributed by atoms with E-state index in [-0.39, 0.29) is 0 Å². The van der Waals surface area contributed by atoms with Crippen LogP contribution in [0.4, 0.5) is 13.2 Å². The van der Waals surface area contributed by atoms with E-state index >= 15 is 0 Å². The molecule has 20 heavy (non-hydrogen) atoms. The van der Waals surface area contributed by atoms with Crippen LogP contribution in [0, 0.1) is 0 Å². The maximum absolute atomic E-state index is 12.5. The number of benzene rings is 2. The van der Waals surface area contributed by atoms with Crippen LogP contribution in [-0.4, -0.2) is 4.90 Å². The van der Waals surface area contributed by atoms with E-state index in [1.165, 1.54) is 11.1 Å². The average Bonchev–Trinajstić information content (AvgIpc) is 2.80. The van der Waals surface area contributed by atoms with Gasteiger partial charge in [0.1, 0.15) is 0 Å². The highest BCUT2D eigenvalue weighted by Gasteiger charge is 2.30. The molecule has 1 aliphatic rings. The van der Waals surface area contributed by atoms with Gasteiger partial charge < -0.3 is 0 Å². The molecular formula is C16H14F3N. The van der Waals surface area contributed by atoms with Crippen molar-refractivity contribution in [3.8, 4) is 0 Å². The van der Waals surface area contributed by atoms with Crippen molar-refractivity contribution in [3.05, 3.63) is 70.8 Å². The minimum atomic E-state index is -4.26. The number of nitrogens with zero attached hydrogens (tertiary/aromatic N) is 1. The Hall–Kier alpha value is -1.81. The Balaban J connectivity index is 1.68. The second kappa shape index (κ2) is 4.94. The molecule has 104 valence electrons. The van der Waals surface area contributed by atoms with Gasteiger partial charge in [-0.25, -0.2) is 0 Å². The van der Waals surface area contributed by atoms with E-state index in [9.17, 15) is 13.2 Å². The van der Waals surface area contributed by atoms with Gasteiger partial charge >= 0.3 is 6.18 Å². The van der Waals surface area contributed by atoms with Crippen molar-refractivity contribution in [2.75, 3.05) is 0 Å². The van der Waals surface area contributed by atoms with Gasteiger partial charge in [-0.3, -0.25) is 4.90 Å². The molecule has 0 aliphatic carbocycles. The Morgan fingerprint density at radius 1 is 0.850 bits per heavy atom. The van der Waals surface area contributed by atoms with Crippen LogP contribution >= 0.6 is 0 Å². The predicted molar refractivity (Wildman–Crippen MR) is 70.8 cm³/mol. The fourth-order valence-corrected chi connectivity index (χ4v) is 2.57. The summed E-state index contributed by atoms with van der Waals surface area (Å²) in [6.45, 7) is 2.39. The Bertz CT molecular complexity index is 577. The second-order valence-corrected chi connectivity index (χ2v) is 5.11. The number of fused-ring (bicyclic) bond motifs is 1. The van der Waals surface area contributed by atoms with E-state index < -0.39 is 11.7 Å². The van der Waals surface area contributed by atoms with Crippen molar-refractivity contribution in [2.45, 2.75) is 25.8 Å². The zero-order valence-corrected chi connectivity index (χ0v) is 10.8. The van der Waals surface area contributed by atoms with Gasteiger partial charge in [-0.1, -0.05) is 36.4 Å². The lowest BCUT2D eigenvalue weighted by Crippen LogP contribution is -2.15. The van der Waals surface area contributed by atoms with Gasteiger partial charge in [0.05, 0.1) is 5.56 Å². The van der Waals surface area contributed by atoms with Gasteiger partial charge in [-0.2, -0.15) is 13.2 Å². The number of alkyl halides is 3. The van der Waals surface area contributed by atoms with Crippen molar-refractivity contribution in [1.82, 2.24) is 4.90 Å². The average molecular weight is 277 g/mol. The summed E-state index contributed by atoms with van der Waals surface area (Å²) in [6.07, 6.45) is -4.26. The van der Waals surface area contributed by atoms with E-state index in [1.807, 2.05) is 12.1 Å². The van der Waals surface area contributed by atoms with Crippen molar-refractivity contribution in [1.29, 1.82) is 0 Å². The largest absolute Gasteiger partial charge is 0.416 e. The van der Waals surface area contributed by atoms with Gasteiger partial charge in [-0.05, 0) is 28.8 Å². The van der Waals surface area contributed by atoms with Crippen LogP contribution in [0.3, 0.4) is 0 Å². The molecule has 3 rings (SSSR count). The van der Waals surface area contributed by atoms with Crippen LogP contribution in [-0.2, 0) is 25.8 Å². The third kappa shape index (κ3) is 2.70. The summed E-state index contributed by atoms with van der Waals surface area (Å²) in [4.78, 5) is 2.23. The first-order chi connectivity index (χ1) is 9.52. The smallest absolute Gasteiger partial charge is 0.291 e. The van der Waals surface area contributed by atoms with Gasteiger partial charge in [0.25, 0.3) is 0 Å². The molecule has 0 amide bonds. The molecule has 0 spiro atoms. The summed E-state index contributed by atoms with van der Waals surface area (Å²) in [5.41, 5.74) is 2.93. The Kier molecular flexibility index (Phi) is 3.26. The van der Waals surface area contributed by atoms with Crippen LogP contribution in [0.2, 0.25) is 0 Å². The molecule has 0 atom stereocenters. The van der Waals surface area contributed by atoms with Crippen LogP contribution < -0.4 is 0 Å². The third-order valence-electron chi connectivity index (χ3n) is 3.59. The Morgan fingerprint density at radius 3 is 1.90 bits per heavy atom. The third-order valence-corrected chi connectivity index (χ3v) is 3.59. The first kappa shape index (κ1) is 13.2.